The third-order valence-electron chi connectivity index (χ3n) is 2.11. The fraction of sp³-hybridized carbons (Fsp3) is 1.00. The number of hydrogen-bond acceptors (Lipinski definition) is 2. The first kappa shape index (κ1) is 7.03. The van der Waals surface area contributed by atoms with Crippen molar-refractivity contribution in [2.24, 2.45) is 11.7 Å². The summed E-state index contributed by atoms with van der Waals surface area (Å²) in [6, 6.07) is 0.294. The zero-order chi connectivity index (χ0) is 6.85. The topological polar surface area (TPSA) is 35.2 Å². The van der Waals surface area contributed by atoms with Gasteiger partial charge in [-0.3, -0.25) is 0 Å². The van der Waals surface area contributed by atoms with E-state index in [9.17, 15) is 0 Å². The van der Waals surface area contributed by atoms with E-state index in [1.807, 2.05) is 0 Å². The first-order valence-corrected chi connectivity index (χ1v) is 3.59. The lowest BCUT2D eigenvalue weighted by Crippen LogP contribution is -2.30. The van der Waals surface area contributed by atoms with Gasteiger partial charge in [0.05, 0.1) is 6.10 Å². The van der Waals surface area contributed by atoms with Crippen LogP contribution in [0.4, 0.5) is 0 Å². The Morgan fingerprint density at radius 3 is 2.56 bits per heavy atom. The molecule has 0 aliphatic carbocycles. The normalized spacial score (nSPS) is 39.0. The second kappa shape index (κ2) is 2.67. The van der Waals surface area contributed by atoms with Gasteiger partial charge in [-0.25, -0.2) is 0 Å². The summed E-state index contributed by atoms with van der Waals surface area (Å²) in [7, 11) is 0. The zero-order valence-corrected chi connectivity index (χ0v) is 6.13. The Labute approximate surface area is 56.4 Å². The van der Waals surface area contributed by atoms with Crippen molar-refractivity contribution < 1.29 is 4.74 Å². The summed E-state index contributed by atoms with van der Waals surface area (Å²) in [5.41, 5.74) is 5.71. The summed E-state index contributed by atoms with van der Waals surface area (Å²) in [6.07, 6.45) is 1.52. The minimum atomic E-state index is 0.294. The van der Waals surface area contributed by atoms with Gasteiger partial charge >= 0.3 is 0 Å². The molecule has 1 aliphatic rings. The monoisotopic (exact) mass is 129 g/mol. The van der Waals surface area contributed by atoms with E-state index in [0.29, 0.717) is 18.1 Å². The lowest BCUT2D eigenvalue weighted by atomic mass is 9.96. The zero-order valence-electron chi connectivity index (χ0n) is 6.13. The Bertz CT molecular complexity index is 92.9. The van der Waals surface area contributed by atoms with Crippen LogP contribution < -0.4 is 5.73 Å². The fourth-order valence-electron chi connectivity index (χ4n) is 1.44. The predicted octanol–water partition coefficient (Wildman–Crippen LogP) is 0.759. The van der Waals surface area contributed by atoms with Gasteiger partial charge in [0.2, 0.25) is 0 Å². The van der Waals surface area contributed by atoms with Crippen molar-refractivity contribution in [2.75, 3.05) is 6.61 Å². The van der Waals surface area contributed by atoms with Gasteiger partial charge in [0.1, 0.15) is 0 Å². The molecular weight excluding hydrogens is 114 g/mol. The van der Waals surface area contributed by atoms with Crippen LogP contribution in [0, 0.1) is 5.92 Å². The van der Waals surface area contributed by atoms with E-state index < -0.39 is 0 Å². The lowest BCUT2D eigenvalue weighted by molar-refractivity contribution is 0.101. The molecular formula is C7H15NO. The largest absolute Gasteiger partial charge is 0.378 e. The van der Waals surface area contributed by atoms with Crippen molar-refractivity contribution in [2.45, 2.75) is 32.4 Å². The standard InChI is InChI=1S/C7H15NO/c1-5(8)7-3-4-9-6(7)2/h5-7H,3-4,8H2,1-2H3. The Hall–Kier alpha value is -0.0800. The lowest BCUT2D eigenvalue weighted by Gasteiger charge is -2.16. The second-order valence-corrected chi connectivity index (χ2v) is 2.89. The molecule has 0 aromatic rings. The van der Waals surface area contributed by atoms with Crippen molar-refractivity contribution in [3.05, 3.63) is 0 Å². The molecule has 54 valence electrons. The molecule has 0 bridgehead atoms. The van der Waals surface area contributed by atoms with Gasteiger partial charge in [0, 0.05) is 18.6 Å². The highest BCUT2D eigenvalue weighted by molar-refractivity contribution is 4.78. The molecule has 2 N–H and O–H groups in total. The molecule has 0 aromatic carbocycles. The molecule has 3 atom stereocenters. The van der Waals surface area contributed by atoms with Crippen LogP contribution in [0.25, 0.3) is 0 Å². The summed E-state index contributed by atoms with van der Waals surface area (Å²) in [5, 5.41) is 0. The number of rotatable bonds is 1. The molecule has 1 aliphatic heterocycles. The first-order chi connectivity index (χ1) is 4.22. The van der Waals surface area contributed by atoms with Crippen LogP contribution in [0.1, 0.15) is 20.3 Å². The van der Waals surface area contributed by atoms with Crippen LogP contribution in [-0.4, -0.2) is 18.8 Å². The number of nitrogens with two attached hydrogens (primary N) is 1. The van der Waals surface area contributed by atoms with Crippen molar-refractivity contribution in [3.8, 4) is 0 Å². The quantitative estimate of drug-likeness (QED) is 0.567. The Kier molecular flexibility index (Phi) is 2.09. The van der Waals surface area contributed by atoms with Gasteiger partial charge in [-0.05, 0) is 20.3 Å². The summed E-state index contributed by atoms with van der Waals surface area (Å²) >= 11 is 0. The number of ether oxygens (including phenoxy) is 1. The van der Waals surface area contributed by atoms with Crippen LogP contribution in [0.5, 0.6) is 0 Å². The Morgan fingerprint density at radius 2 is 2.33 bits per heavy atom. The van der Waals surface area contributed by atoms with E-state index in [4.69, 9.17) is 10.5 Å². The van der Waals surface area contributed by atoms with Crippen molar-refractivity contribution >= 4 is 0 Å². The Balaban J connectivity index is 2.40. The minimum absolute atomic E-state index is 0.294. The summed E-state index contributed by atoms with van der Waals surface area (Å²) in [4.78, 5) is 0. The van der Waals surface area contributed by atoms with E-state index in [-0.39, 0.29) is 0 Å². The maximum absolute atomic E-state index is 5.71. The molecule has 0 radical (unpaired) electrons. The first-order valence-electron chi connectivity index (χ1n) is 3.59. The summed E-state index contributed by atoms with van der Waals surface area (Å²) in [5.74, 6) is 0.588. The van der Waals surface area contributed by atoms with E-state index in [1.165, 1.54) is 0 Å². The van der Waals surface area contributed by atoms with Gasteiger partial charge in [0.15, 0.2) is 0 Å². The van der Waals surface area contributed by atoms with Crippen LogP contribution in [-0.2, 0) is 4.74 Å². The molecule has 0 spiro atoms. The van der Waals surface area contributed by atoms with Crippen molar-refractivity contribution in [1.82, 2.24) is 0 Å². The minimum Gasteiger partial charge on any atom is -0.378 e. The molecule has 0 saturated carbocycles. The number of hydrogen-bond donors (Lipinski definition) is 1. The molecule has 2 heteroatoms. The van der Waals surface area contributed by atoms with E-state index in [1.54, 1.807) is 0 Å². The van der Waals surface area contributed by atoms with Gasteiger partial charge in [-0.15, -0.1) is 0 Å². The summed E-state index contributed by atoms with van der Waals surface area (Å²) < 4.78 is 5.35. The van der Waals surface area contributed by atoms with E-state index in [2.05, 4.69) is 13.8 Å². The van der Waals surface area contributed by atoms with Gasteiger partial charge in [-0.1, -0.05) is 0 Å². The average Bonchev–Trinajstić information content (AvgIpc) is 2.13. The van der Waals surface area contributed by atoms with E-state index >= 15 is 0 Å². The van der Waals surface area contributed by atoms with Gasteiger partial charge < -0.3 is 10.5 Å². The average molecular weight is 129 g/mol. The van der Waals surface area contributed by atoms with Gasteiger partial charge in [0.25, 0.3) is 0 Å². The molecule has 0 amide bonds. The van der Waals surface area contributed by atoms with Crippen LogP contribution >= 0.6 is 0 Å². The molecule has 1 heterocycles. The van der Waals surface area contributed by atoms with Crippen molar-refractivity contribution in [1.29, 1.82) is 0 Å². The molecule has 9 heavy (non-hydrogen) atoms. The molecule has 1 rings (SSSR count). The third kappa shape index (κ3) is 1.43. The predicted molar refractivity (Wildman–Crippen MR) is 37.2 cm³/mol. The highest BCUT2D eigenvalue weighted by Gasteiger charge is 2.26. The third-order valence-corrected chi connectivity index (χ3v) is 2.11. The maximum Gasteiger partial charge on any atom is 0.0590 e. The Morgan fingerprint density at radius 1 is 1.67 bits per heavy atom. The van der Waals surface area contributed by atoms with Gasteiger partial charge in [-0.2, -0.15) is 0 Å². The molecule has 0 aromatic heterocycles. The molecule has 1 fully saturated rings. The van der Waals surface area contributed by atoms with Crippen molar-refractivity contribution in [3.63, 3.8) is 0 Å². The van der Waals surface area contributed by atoms with Crippen LogP contribution in [0.3, 0.4) is 0 Å². The summed E-state index contributed by atoms with van der Waals surface area (Å²) in [6.45, 7) is 5.05. The maximum atomic E-state index is 5.71. The fourth-order valence-corrected chi connectivity index (χ4v) is 1.44. The van der Waals surface area contributed by atoms with Crippen LogP contribution in [0.2, 0.25) is 0 Å². The highest BCUT2D eigenvalue weighted by Crippen LogP contribution is 2.22. The smallest absolute Gasteiger partial charge is 0.0590 e. The highest BCUT2D eigenvalue weighted by atomic mass is 16.5. The SMILES string of the molecule is CC(N)C1CCOC1C. The molecule has 3 unspecified atom stereocenters. The van der Waals surface area contributed by atoms with E-state index in [0.717, 1.165) is 13.0 Å². The second-order valence-electron chi connectivity index (χ2n) is 2.89. The molecule has 1 saturated heterocycles. The van der Waals surface area contributed by atoms with Crippen LogP contribution in [0.15, 0.2) is 0 Å². The molecule has 2 nitrogen and oxygen atoms in total.